The third kappa shape index (κ3) is 3.09. The van der Waals surface area contributed by atoms with Gasteiger partial charge in [-0.05, 0) is 79.8 Å². The van der Waals surface area contributed by atoms with Gasteiger partial charge in [-0.2, -0.15) is 0 Å². The third-order valence-corrected chi connectivity index (χ3v) is 5.05. The molecule has 124 valence electrons. The standard InChI is InChI=1S/C21H24N2O/c24-13-12-15-8-10-17(11-9-15)22-21-14-20(16-4-1-2-5-16)23-19-7-3-6-18(19)21/h4,8-11,14,24H,1-3,5-7,12-13H2,(H,22,23). The average Bonchev–Trinajstić information content (AvgIpc) is 3.28. The molecule has 0 atom stereocenters. The van der Waals surface area contributed by atoms with Gasteiger partial charge in [-0.1, -0.05) is 18.2 Å². The van der Waals surface area contributed by atoms with E-state index in [2.05, 4.69) is 41.7 Å². The van der Waals surface area contributed by atoms with Crippen molar-refractivity contribution in [1.82, 2.24) is 4.98 Å². The number of hydrogen-bond donors (Lipinski definition) is 2. The van der Waals surface area contributed by atoms with Gasteiger partial charge in [-0.3, -0.25) is 4.98 Å². The third-order valence-electron chi connectivity index (χ3n) is 5.05. The van der Waals surface area contributed by atoms with Crippen molar-refractivity contribution in [2.75, 3.05) is 11.9 Å². The summed E-state index contributed by atoms with van der Waals surface area (Å²) in [5.74, 6) is 0. The number of nitrogens with one attached hydrogen (secondary N) is 1. The van der Waals surface area contributed by atoms with Crippen LogP contribution in [-0.4, -0.2) is 16.7 Å². The van der Waals surface area contributed by atoms with Gasteiger partial charge in [0.2, 0.25) is 0 Å². The molecule has 0 amide bonds. The monoisotopic (exact) mass is 320 g/mol. The van der Waals surface area contributed by atoms with Crippen LogP contribution in [0.25, 0.3) is 5.57 Å². The summed E-state index contributed by atoms with van der Waals surface area (Å²) in [5, 5.41) is 12.6. The number of hydrogen-bond acceptors (Lipinski definition) is 3. The molecule has 0 fully saturated rings. The second kappa shape index (κ2) is 6.78. The molecule has 24 heavy (non-hydrogen) atoms. The van der Waals surface area contributed by atoms with Gasteiger partial charge in [0.25, 0.3) is 0 Å². The van der Waals surface area contributed by atoms with Crippen molar-refractivity contribution in [3.8, 4) is 0 Å². The van der Waals surface area contributed by atoms with E-state index in [9.17, 15) is 0 Å². The minimum Gasteiger partial charge on any atom is -0.396 e. The maximum Gasteiger partial charge on any atom is 0.0682 e. The number of benzene rings is 1. The SMILES string of the molecule is OCCc1ccc(Nc2cc(C3=CCCC3)nc3c2CCC3)cc1. The van der Waals surface area contributed by atoms with Crippen LogP contribution in [0, 0.1) is 0 Å². The van der Waals surface area contributed by atoms with Gasteiger partial charge in [0.15, 0.2) is 0 Å². The topological polar surface area (TPSA) is 45.1 Å². The number of aromatic nitrogens is 1. The number of pyridine rings is 1. The van der Waals surface area contributed by atoms with Crippen LogP contribution in [-0.2, 0) is 19.3 Å². The Bertz CT molecular complexity index is 762. The highest BCUT2D eigenvalue weighted by Crippen LogP contribution is 2.35. The number of rotatable bonds is 5. The quantitative estimate of drug-likeness (QED) is 0.857. The predicted molar refractivity (Wildman–Crippen MR) is 98.6 cm³/mol. The van der Waals surface area contributed by atoms with Crippen molar-refractivity contribution in [1.29, 1.82) is 0 Å². The molecule has 2 N–H and O–H groups in total. The van der Waals surface area contributed by atoms with Crippen molar-refractivity contribution in [3.05, 3.63) is 58.9 Å². The van der Waals surface area contributed by atoms with Crippen LogP contribution in [0.5, 0.6) is 0 Å². The van der Waals surface area contributed by atoms with E-state index in [1.807, 2.05) is 0 Å². The van der Waals surface area contributed by atoms with E-state index in [0.717, 1.165) is 30.6 Å². The number of fused-ring (bicyclic) bond motifs is 1. The molecule has 0 saturated carbocycles. The zero-order valence-corrected chi connectivity index (χ0v) is 14.0. The Labute approximate surface area is 143 Å². The summed E-state index contributed by atoms with van der Waals surface area (Å²) >= 11 is 0. The lowest BCUT2D eigenvalue weighted by molar-refractivity contribution is 0.299. The Balaban J connectivity index is 1.64. The molecule has 0 aliphatic heterocycles. The second-order valence-corrected chi connectivity index (χ2v) is 6.75. The number of nitrogens with zero attached hydrogens (tertiary/aromatic N) is 1. The highest BCUT2D eigenvalue weighted by Gasteiger charge is 2.20. The van der Waals surface area contributed by atoms with Gasteiger partial charge in [0, 0.05) is 23.7 Å². The van der Waals surface area contributed by atoms with Crippen LogP contribution in [0.3, 0.4) is 0 Å². The Morgan fingerprint density at radius 3 is 2.67 bits per heavy atom. The normalized spacial score (nSPS) is 16.1. The lowest BCUT2D eigenvalue weighted by Crippen LogP contribution is -2.01. The Morgan fingerprint density at radius 1 is 1.04 bits per heavy atom. The van der Waals surface area contributed by atoms with Crippen molar-refractivity contribution < 1.29 is 5.11 Å². The predicted octanol–water partition coefficient (Wildman–Crippen LogP) is 4.42. The molecule has 3 heteroatoms. The van der Waals surface area contributed by atoms with Crippen LogP contribution < -0.4 is 5.32 Å². The number of allylic oxidation sites excluding steroid dienone is 2. The summed E-state index contributed by atoms with van der Waals surface area (Å²) < 4.78 is 0. The first kappa shape index (κ1) is 15.4. The summed E-state index contributed by atoms with van der Waals surface area (Å²) in [6, 6.07) is 10.6. The molecule has 0 unspecified atom stereocenters. The smallest absolute Gasteiger partial charge is 0.0682 e. The summed E-state index contributed by atoms with van der Waals surface area (Å²) in [6.07, 6.45) is 10.1. The molecule has 4 rings (SSSR count). The molecule has 0 bridgehead atoms. The highest BCUT2D eigenvalue weighted by molar-refractivity contribution is 5.72. The van der Waals surface area contributed by atoms with Crippen molar-refractivity contribution in [3.63, 3.8) is 0 Å². The lowest BCUT2D eigenvalue weighted by Gasteiger charge is -2.14. The molecule has 0 saturated heterocycles. The molecule has 1 heterocycles. The first-order valence-corrected chi connectivity index (χ1v) is 9.02. The largest absolute Gasteiger partial charge is 0.396 e. The minimum atomic E-state index is 0.198. The van der Waals surface area contributed by atoms with E-state index in [-0.39, 0.29) is 6.61 Å². The van der Waals surface area contributed by atoms with Crippen molar-refractivity contribution in [2.45, 2.75) is 44.9 Å². The fraction of sp³-hybridized carbons (Fsp3) is 0.381. The zero-order chi connectivity index (χ0) is 16.4. The Hall–Kier alpha value is -2.13. The summed E-state index contributed by atoms with van der Waals surface area (Å²) in [7, 11) is 0. The van der Waals surface area contributed by atoms with Gasteiger partial charge in [-0.15, -0.1) is 0 Å². The second-order valence-electron chi connectivity index (χ2n) is 6.75. The number of aliphatic hydroxyl groups excluding tert-OH is 1. The minimum absolute atomic E-state index is 0.198. The fourth-order valence-electron chi connectivity index (χ4n) is 3.76. The van der Waals surface area contributed by atoms with E-state index < -0.39 is 0 Å². The van der Waals surface area contributed by atoms with Gasteiger partial charge in [0.05, 0.1) is 5.69 Å². The van der Waals surface area contributed by atoms with Gasteiger partial charge in [-0.25, -0.2) is 0 Å². The Kier molecular flexibility index (Phi) is 4.35. The van der Waals surface area contributed by atoms with Gasteiger partial charge >= 0.3 is 0 Å². The van der Waals surface area contributed by atoms with Gasteiger partial charge in [0.1, 0.15) is 0 Å². The van der Waals surface area contributed by atoms with Crippen molar-refractivity contribution >= 4 is 16.9 Å². The fourth-order valence-corrected chi connectivity index (χ4v) is 3.76. The number of anilines is 2. The molecule has 3 nitrogen and oxygen atoms in total. The van der Waals surface area contributed by atoms with E-state index in [1.54, 1.807) is 0 Å². The molecular formula is C21H24N2O. The maximum atomic E-state index is 9.04. The van der Waals surface area contributed by atoms with E-state index in [0.29, 0.717) is 6.42 Å². The molecule has 1 aromatic carbocycles. The first-order valence-electron chi connectivity index (χ1n) is 9.02. The van der Waals surface area contributed by atoms with Crippen LogP contribution in [0.4, 0.5) is 11.4 Å². The van der Waals surface area contributed by atoms with E-state index in [1.165, 1.54) is 47.3 Å². The summed E-state index contributed by atoms with van der Waals surface area (Å²) in [5.41, 5.74) is 8.72. The molecule has 1 aromatic heterocycles. The van der Waals surface area contributed by atoms with Crippen LogP contribution in [0.1, 0.15) is 48.2 Å². The molecule has 0 spiro atoms. The first-order chi connectivity index (χ1) is 11.8. The zero-order valence-electron chi connectivity index (χ0n) is 14.0. The molecule has 2 aliphatic rings. The van der Waals surface area contributed by atoms with E-state index >= 15 is 0 Å². The number of aliphatic hydroxyl groups is 1. The lowest BCUT2D eigenvalue weighted by atomic mass is 10.1. The summed E-state index contributed by atoms with van der Waals surface area (Å²) in [6.45, 7) is 0.198. The molecule has 0 radical (unpaired) electrons. The average molecular weight is 320 g/mol. The van der Waals surface area contributed by atoms with Crippen LogP contribution in [0.15, 0.2) is 36.4 Å². The molecule has 2 aromatic rings. The maximum absolute atomic E-state index is 9.04. The van der Waals surface area contributed by atoms with E-state index in [4.69, 9.17) is 10.1 Å². The molecule has 2 aliphatic carbocycles. The van der Waals surface area contributed by atoms with Crippen LogP contribution in [0.2, 0.25) is 0 Å². The Morgan fingerprint density at radius 2 is 1.92 bits per heavy atom. The number of aryl methyl sites for hydroxylation is 1. The van der Waals surface area contributed by atoms with Gasteiger partial charge < -0.3 is 10.4 Å². The van der Waals surface area contributed by atoms with Crippen molar-refractivity contribution in [2.24, 2.45) is 0 Å². The summed E-state index contributed by atoms with van der Waals surface area (Å²) in [4.78, 5) is 4.94. The highest BCUT2D eigenvalue weighted by atomic mass is 16.2. The van der Waals surface area contributed by atoms with Crippen LogP contribution >= 0.6 is 0 Å². The molecular weight excluding hydrogens is 296 g/mol.